The number of nitrogens with zero attached hydrogens (tertiary/aromatic N) is 2. The summed E-state index contributed by atoms with van der Waals surface area (Å²) in [7, 11) is 0. The van der Waals surface area contributed by atoms with Gasteiger partial charge in [0.25, 0.3) is 0 Å². The molecule has 4 nitrogen and oxygen atoms in total. The third-order valence-corrected chi connectivity index (χ3v) is 4.04. The van der Waals surface area contributed by atoms with Crippen molar-refractivity contribution in [2.45, 2.75) is 0 Å². The number of hydrogen-bond donors (Lipinski definition) is 1. The SMILES string of the molecule is Nc1onc(-c2cc(Br)ccc2Br)c1-c1cccnc1. The molecule has 0 fully saturated rings. The Morgan fingerprint density at radius 2 is 2.00 bits per heavy atom. The van der Waals surface area contributed by atoms with Crippen LogP contribution in [0.15, 0.2) is 56.2 Å². The molecule has 0 saturated heterocycles. The van der Waals surface area contributed by atoms with Gasteiger partial charge in [0, 0.05) is 32.5 Å². The number of anilines is 1. The first-order valence-electron chi connectivity index (χ1n) is 5.78. The fourth-order valence-electron chi connectivity index (χ4n) is 1.96. The summed E-state index contributed by atoms with van der Waals surface area (Å²) >= 11 is 6.98. The molecule has 2 N–H and O–H groups in total. The molecule has 0 aliphatic carbocycles. The first-order valence-corrected chi connectivity index (χ1v) is 7.36. The Hall–Kier alpha value is -1.66. The van der Waals surface area contributed by atoms with Gasteiger partial charge < -0.3 is 10.3 Å². The molecule has 0 aliphatic rings. The quantitative estimate of drug-likeness (QED) is 0.694. The zero-order chi connectivity index (χ0) is 14.1. The summed E-state index contributed by atoms with van der Waals surface area (Å²) < 4.78 is 7.03. The molecule has 0 amide bonds. The van der Waals surface area contributed by atoms with Gasteiger partial charge in [0.15, 0.2) is 0 Å². The third-order valence-electron chi connectivity index (χ3n) is 2.85. The van der Waals surface area contributed by atoms with Gasteiger partial charge >= 0.3 is 0 Å². The minimum Gasteiger partial charge on any atom is -0.367 e. The number of pyridine rings is 1. The minimum absolute atomic E-state index is 0.278. The van der Waals surface area contributed by atoms with Gasteiger partial charge in [-0.25, -0.2) is 0 Å². The van der Waals surface area contributed by atoms with E-state index in [1.54, 1.807) is 12.4 Å². The van der Waals surface area contributed by atoms with Gasteiger partial charge in [0.2, 0.25) is 5.88 Å². The molecule has 2 aromatic heterocycles. The Morgan fingerprint density at radius 3 is 2.75 bits per heavy atom. The van der Waals surface area contributed by atoms with Crippen LogP contribution in [-0.4, -0.2) is 10.1 Å². The average molecular weight is 395 g/mol. The monoisotopic (exact) mass is 393 g/mol. The van der Waals surface area contributed by atoms with E-state index < -0.39 is 0 Å². The minimum atomic E-state index is 0.278. The molecule has 3 aromatic rings. The standard InChI is InChI=1S/C14H9Br2N3O/c15-9-3-4-11(16)10(6-9)13-12(14(17)20-19-13)8-2-1-5-18-7-8/h1-7H,17H2. The van der Waals surface area contributed by atoms with Crippen LogP contribution < -0.4 is 5.73 Å². The van der Waals surface area contributed by atoms with Gasteiger partial charge in [0.1, 0.15) is 5.69 Å². The molecule has 0 aliphatic heterocycles. The third kappa shape index (κ3) is 2.36. The van der Waals surface area contributed by atoms with Crippen LogP contribution in [0.25, 0.3) is 22.4 Å². The van der Waals surface area contributed by atoms with Crippen molar-refractivity contribution in [3.05, 3.63) is 51.7 Å². The van der Waals surface area contributed by atoms with Crippen LogP contribution in [0, 0.1) is 0 Å². The van der Waals surface area contributed by atoms with Crippen molar-refractivity contribution < 1.29 is 4.52 Å². The van der Waals surface area contributed by atoms with Gasteiger partial charge in [-0.3, -0.25) is 4.98 Å². The van der Waals surface area contributed by atoms with Gasteiger partial charge in [-0.2, -0.15) is 0 Å². The molecule has 2 heterocycles. The number of nitrogens with two attached hydrogens (primary N) is 1. The van der Waals surface area contributed by atoms with E-state index in [0.717, 1.165) is 25.6 Å². The molecule has 0 radical (unpaired) electrons. The van der Waals surface area contributed by atoms with Crippen molar-refractivity contribution in [3.63, 3.8) is 0 Å². The lowest BCUT2D eigenvalue weighted by atomic mass is 10.0. The highest BCUT2D eigenvalue weighted by molar-refractivity contribution is 9.11. The molecule has 0 unspecified atom stereocenters. The van der Waals surface area contributed by atoms with E-state index in [-0.39, 0.29) is 5.88 Å². The maximum Gasteiger partial charge on any atom is 0.230 e. The molecular weight excluding hydrogens is 386 g/mol. The van der Waals surface area contributed by atoms with Crippen molar-refractivity contribution in [2.24, 2.45) is 0 Å². The molecule has 3 rings (SSSR count). The van der Waals surface area contributed by atoms with Crippen LogP contribution in [0.4, 0.5) is 5.88 Å². The zero-order valence-corrected chi connectivity index (χ0v) is 13.3. The van der Waals surface area contributed by atoms with Crippen molar-refractivity contribution in [1.82, 2.24) is 10.1 Å². The summed E-state index contributed by atoms with van der Waals surface area (Å²) in [5.74, 6) is 0.278. The summed E-state index contributed by atoms with van der Waals surface area (Å²) in [6.45, 7) is 0. The van der Waals surface area contributed by atoms with Gasteiger partial charge in [0.05, 0.1) is 5.56 Å². The smallest absolute Gasteiger partial charge is 0.230 e. The zero-order valence-electron chi connectivity index (χ0n) is 10.2. The number of nitrogen functional groups attached to an aromatic ring is 1. The summed E-state index contributed by atoms with van der Waals surface area (Å²) in [5.41, 5.74) is 9.12. The van der Waals surface area contributed by atoms with E-state index in [9.17, 15) is 0 Å². The molecule has 0 saturated carbocycles. The topological polar surface area (TPSA) is 64.9 Å². The van der Waals surface area contributed by atoms with E-state index >= 15 is 0 Å². The van der Waals surface area contributed by atoms with E-state index in [0.29, 0.717) is 5.69 Å². The van der Waals surface area contributed by atoms with E-state index in [1.165, 1.54) is 0 Å². The fraction of sp³-hybridized carbons (Fsp3) is 0. The van der Waals surface area contributed by atoms with E-state index in [2.05, 4.69) is 42.0 Å². The summed E-state index contributed by atoms with van der Waals surface area (Å²) in [6.07, 6.45) is 3.44. The maximum absolute atomic E-state index is 5.91. The van der Waals surface area contributed by atoms with E-state index in [4.69, 9.17) is 10.3 Å². The van der Waals surface area contributed by atoms with Crippen LogP contribution in [0.1, 0.15) is 0 Å². The van der Waals surface area contributed by atoms with Gasteiger partial charge in [-0.15, -0.1) is 0 Å². The van der Waals surface area contributed by atoms with Crippen LogP contribution in [0.5, 0.6) is 0 Å². The first-order chi connectivity index (χ1) is 9.66. The second-order valence-corrected chi connectivity index (χ2v) is 5.91. The summed E-state index contributed by atoms with van der Waals surface area (Å²) in [6, 6.07) is 9.62. The second kappa shape index (κ2) is 5.38. The Balaban J connectivity index is 2.24. The molecule has 100 valence electrons. The van der Waals surface area contributed by atoms with Gasteiger partial charge in [-0.1, -0.05) is 43.1 Å². The first kappa shape index (κ1) is 13.3. The number of halogens is 2. The van der Waals surface area contributed by atoms with Crippen LogP contribution in [0.2, 0.25) is 0 Å². The molecule has 1 aromatic carbocycles. The lowest BCUT2D eigenvalue weighted by Gasteiger charge is -2.05. The lowest BCUT2D eigenvalue weighted by molar-refractivity contribution is 0.439. The molecule has 0 bridgehead atoms. The van der Waals surface area contributed by atoms with Gasteiger partial charge in [-0.05, 0) is 24.3 Å². The van der Waals surface area contributed by atoms with Crippen molar-refractivity contribution in [3.8, 4) is 22.4 Å². The summed E-state index contributed by atoms with van der Waals surface area (Å²) in [4.78, 5) is 4.11. The van der Waals surface area contributed by atoms with Crippen LogP contribution >= 0.6 is 31.9 Å². The largest absolute Gasteiger partial charge is 0.367 e. The average Bonchev–Trinajstić information content (AvgIpc) is 2.84. The predicted molar refractivity (Wildman–Crippen MR) is 85.0 cm³/mol. The van der Waals surface area contributed by atoms with Crippen molar-refractivity contribution in [1.29, 1.82) is 0 Å². The molecular formula is C14H9Br2N3O. The Bertz CT molecular complexity index is 756. The number of benzene rings is 1. The van der Waals surface area contributed by atoms with Crippen LogP contribution in [-0.2, 0) is 0 Å². The number of aromatic nitrogens is 2. The Kier molecular flexibility index (Phi) is 3.58. The van der Waals surface area contributed by atoms with Crippen molar-refractivity contribution in [2.75, 3.05) is 5.73 Å². The Labute approximate surface area is 132 Å². The molecule has 0 spiro atoms. The predicted octanol–water partition coefficient (Wildman–Crippen LogP) is 4.51. The molecule has 6 heteroatoms. The molecule has 0 atom stereocenters. The Morgan fingerprint density at radius 1 is 1.15 bits per heavy atom. The van der Waals surface area contributed by atoms with Crippen LogP contribution in [0.3, 0.4) is 0 Å². The maximum atomic E-state index is 5.91. The van der Waals surface area contributed by atoms with E-state index in [1.807, 2.05) is 30.3 Å². The number of rotatable bonds is 2. The van der Waals surface area contributed by atoms with Crippen molar-refractivity contribution >= 4 is 37.7 Å². The summed E-state index contributed by atoms with van der Waals surface area (Å²) in [5, 5.41) is 4.09. The normalized spacial score (nSPS) is 10.7. The molecule has 20 heavy (non-hydrogen) atoms. The highest BCUT2D eigenvalue weighted by atomic mass is 79.9. The fourth-order valence-corrected chi connectivity index (χ4v) is 2.75. The number of hydrogen-bond acceptors (Lipinski definition) is 4. The lowest BCUT2D eigenvalue weighted by Crippen LogP contribution is -1.89. The highest BCUT2D eigenvalue weighted by Gasteiger charge is 2.19. The highest BCUT2D eigenvalue weighted by Crippen LogP contribution is 2.39. The second-order valence-electron chi connectivity index (χ2n) is 4.14.